The fourth-order valence-electron chi connectivity index (χ4n) is 3.90. The summed E-state index contributed by atoms with van der Waals surface area (Å²) in [6, 6.07) is 26.8. The van der Waals surface area contributed by atoms with Gasteiger partial charge in [0.25, 0.3) is 11.8 Å². The van der Waals surface area contributed by atoms with Gasteiger partial charge < -0.3 is 20.7 Å². The molecule has 4 aromatic rings. The number of esters is 1. The third-order valence-electron chi connectivity index (χ3n) is 6.18. The number of amides is 3. The number of benzene rings is 4. The molecule has 0 spiro atoms. The number of methoxy groups -OCH3 is 1. The fraction of sp³-hybridized carbons (Fsp3) is 0.0909. The van der Waals surface area contributed by atoms with Crippen LogP contribution in [0.3, 0.4) is 0 Å². The molecule has 3 N–H and O–H groups in total. The van der Waals surface area contributed by atoms with Gasteiger partial charge in [-0.2, -0.15) is 0 Å². The molecule has 0 bridgehead atoms. The molecule has 0 aliphatic heterocycles. The standard InChI is InChI=1S/C33H27Cl2N3O5S/c1-20(30(39)37-28-11-7-6-10-26(28)33(42)43-2)44-25-16-14-24(15-17-25)36-32(41)29(18-22-12-13-23(34)19-27(22)35)38-31(40)21-8-4-3-5-9-21/h3-20H,1-2H3,(H,36,41)(H,37,39)(H,38,40)/b29-18-. The van der Waals surface area contributed by atoms with Gasteiger partial charge in [-0.05, 0) is 79.2 Å². The molecule has 11 heteroatoms. The van der Waals surface area contributed by atoms with E-state index in [-0.39, 0.29) is 17.2 Å². The van der Waals surface area contributed by atoms with E-state index in [1.807, 2.05) is 0 Å². The smallest absolute Gasteiger partial charge is 0.339 e. The summed E-state index contributed by atoms with van der Waals surface area (Å²) in [5.41, 5.74) is 1.92. The van der Waals surface area contributed by atoms with Crippen LogP contribution >= 0.6 is 35.0 Å². The minimum Gasteiger partial charge on any atom is -0.465 e. The molecule has 4 rings (SSSR count). The minimum atomic E-state index is -0.572. The van der Waals surface area contributed by atoms with E-state index in [1.54, 1.807) is 104 Å². The summed E-state index contributed by atoms with van der Waals surface area (Å²) in [7, 11) is 1.28. The minimum absolute atomic E-state index is 0.0287. The molecule has 4 aromatic carbocycles. The largest absolute Gasteiger partial charge is 0.465 e. The van der Waals surface area contributed by atoms with Gasteiger partial charge in [-0.25, -0.2) is 4.79 Å². The van der Waals surface area contributed by atoms with Crippen molar-refractivity contribution < 1.29 is 23.9 Å². The first-order valence-electron chi connectivity index (χ1n) is 13.2. The van der Waals surface area contributed by atoms with E-state index in [0.29, 0.717) is 32.5 Å². The maximum absolute atomic E-state index is 13.3. The first-order chi connectivity index (χ1) is 21.1. The Morgan fingerprint density at radius 2 is 1.52 bits per heavy atom. The molecule has 0 aliphatic carbocycles. The van der Waals surface area contributed by atoms with Gasteiger partial charge in [0.05, 0.1) is 23.6 Å². The molecule has 0 aliphatic rings. The van der Waals surface area contributed by atoms with Crippen LogP contribution in [-0.2, 0) is 14.3 Å². The van der Waals surface area contributed by atoms with E-state index in [9.17, 15) is 19.2 Å². The SMILES string of the molecule is COC(=O)c1ccccc1NC(=O)C(C)Sc1ccc(NC(=O)/C(=C/c2ccc(Cl)cc2Cl)NC(=O)c2ccccc2)cc1. The van der Waals surface area contributed by atoms with Crippen molar-refractivity contribution in [2.75, 3.05) is 17.7 Å². The van der Waals surface area contributed by atoms with Crippen molar-refractivity contribution in [2.45, 2.75) is 17.1 Å². The maximum atomic E-state index is 13.3. The Morgan fingerprint density at radius 3 is 2.20 bits per heavy atom. The summed E-state index contributed by atoms with van der Waals surface area (Å²) >= 11 is 13.6. The highest BCUT2D eigenvalue weighted by atomic mass is 35.5. The van der Waals surface area contributed by atoms with E-state index in [4.69, 9.17) is 27.9 Å². The highest BCUT2D eigenvalue weighted by Gasteiger charge is 2.19. The normalized spacial score (nSPS) is 11.7. The zero-order chi connectivity index (χ0) is 31.6. The van der Waals surface area contributed by atoms with Crippen LogP contribution in [0.2, 0.25) is 10.0 Å². The molecule has 0 saturated carbocycles. The average Bonchev–Trinajstić information content (AvgIpc) is 3.03. The first-order valence-corrected chi connectivity index (χ1v) is 14.9. The number of anilines is 2. The number of nitrogens with one attached hydrogen (secondary N) is 3. The number of thioether (sulfide) groups is 1. The summed E-state index contributed by atoms with van der Waals surface area (Å²) in [4.78, 5) is 51.9. The molecular weight excluding hydrogens is 621 g/mol. The first kappa shape index (κ1) is 32.3. The third kappa shape index (κ3) is 8.73. The van der Waals surface area contributed by atoms with Crippen molar-refractivity contribution in [2.24, 2.45) is 0 Å². The van der Waals surface area contributed by atoms with Crippen molar-refractivity contribution in [1.82, 2.24) is 5.32 Å². The molecule has 1 atom stereocenters. The lowest BCUT2D eigenvalue weighted by atomic mass is 10.1. The summed E-state index contributed by atoms with van der Waals surface area (Å²) in [5, 5.41) is 8.47. The average molecular weight is 649 g/mol. The number of para-hydroxylation sites is 1. The molecule has 1 unspecified atom stereocenters. The Morgan fingerprint density at radius 1 is 0.841 bits per heavy atom. The van der Waals surface area contributed by atoms with Gasteiger partial charge in [0.2, 0.25) is 5.91 Å². The van der Waals surface area contributed by atoms with Crippen LogP contribution in [0.15, 0.2) is 108 Å². The van der Waals surface area contributed by atoms with Gasteiger partial charge in [0.1, 0.15) is 5.70 Å². The zero-order valence-electron chi connectivity index (χ0n) is 23.6. The molecule has 44 heavy (non-hydrogen) atoms. The van der Waals surface area contributed by atoms with Crippen LogP contribution < -0.4 is 16.0 Å². The molecule has 0 heterocycles. The van der Waals surface area contributed by atoms with Crippen LogP contribution in [0.4, 0.5) is 11.4 Å². The van der Waals surface area contributed by atoms with E-state index >= 15 is 0 Å². The molecule has 3 amide bonds. The topological polar surface area (TPSA) is 114 Å². The van der Waals surface area contributed by atoms with Gasteiger partial charge in [0.15, 0.2) is 0 Å². The van der Waals surface area contributed by atoms with Gasteiger partial charge in [-0.15, -0.1) is 11.8 Å². The third-order valence-corrected chi connectivity index (χ3v) is 7.85. The van der Waals surface area contributed by atoms with Crippen molar-refractivity contribution >= 4 is 76.1 Å². The predicted octanol–water partition coefficient (Wildman–Crippen LogP) is 7.31. The Labute approximate surface area is 268 Å². The summed E-state index contributed by atoms with van der Waals surface area (Å²) in [6.07, 6.45) is 1.47. The maximum Gasteiger partial charge on any atom is 0.339 e. The van der Waals surface area contributed by atoms with E-state index in [1.165, 1.54) is 24.9 Å². The van der Waals surface area contributed by atoms with Crippen LogP contribution in [0, 0.1) is 0 Å². The molecular formula is C33H27Cl2N3O5S. The number of rotatable bonds is 10. The second-order valence-electron chi connectivity index (χ2n) is 9.31. The van der Waals surface area contributed by atoms with Gasteiger partial charge >= 0.3 is 5.97 Å². The number of hydrogen-bond acceptors (Lipinski definition) is 6. The number of halogens is 2. The van der Waals surface area contributed by atoms with Crippen molar-refractivity contribution in [3.63, 3.8) is 0 Å². The van der Waals surface area contributed by atoms with Gasteiger partial charge in [-0.3, -0.25) is 14.4 Å². The number of hydrogen-bond donors (Lipinski definition) is 3. The molecule has 0 aromatic heterocycles. The monoisotopic (exact) mass is 647 g/mol. The second kappa shape index (κ2) is 15.2. The lowest BCUT2D eigenvalue weighted by Crippen LogP contribution is -2.30. The lowest BCUT2D eigenvalue weighted by Gasteiger charge is -2.15. The van der Waals surface area contributed by atoms with E-state index in [2.05, 4.69) is 16.0 Å². The van der Waals surface area contributed by atoms with Crippen molar-refractivity contribution in [3.8, 4) is 0 Å². The fourth-order valence-corrected chi connectivity index (χ4v) is 5.23. The van der Waals surface area contributed by atoms with Crippen LogP contribution in [-0.4, -0.2) is 36.1 Å². The highest BCUT2D eigenvalue weighted by molar-refractivity contribution is 8.00. The Bertz CT molecular complexity index is 1710. The summed E-state index contributed by atoms with van der Waals surface area (Å²) in [5.74, 6) is -1.88. The summed E-state index contributed by atoms with van der Waals surface area (Å²) < 4.78 is 4.79. The molecule has 224 valence electrons. The number of carbonyl (C=O) groups is 4. The molecule has 0 fully saturated rings. The lowest BCUT2D eigenvalue weighted by molar-refractivity contribution is -0.115. The summed E-state index contributed by atoms with van der Waals surface area (Å²) in [6.45, 7) is 1.74. The molecule has 0 saturated heterocycles. The van der Waals surface area contributed by atoms with Crippen LogP contribution in [0.25, 0.3) is 6.08 Å². The predicted molar refractivity (Wildman–Crippen MR) is 175 cm³/mol. The van der Waals surface area contributed by atoms with Crippen LogP contribution in [0.5, 0.6) is 0 Å². The van der Waals surface area contributed by atoms with Crippen LogP contribution in [0.1, 0.15) is 33.2 Å². The zero-order valence-corrected chi connectivity index (χ0v) is 25.9. The number of carbonyl (C=O) groups excluding carboxylic acids is 4. The van der Waals surface area contributed by atoms with Crippen molar-refractivity contribution in [1.29, 1.82) is 0 Å². The Balaban J connectivity index is 1.45. The van der Waals surface area contributed by atoms with Gasteiger partial charge in [0, 0.05) is 26.2 Å². The second-order valence-corrected chi connectivity index (χ2v) is 11.6. The Kier molecular flexibility index (Phi) is 11.2. The van der Waals surface area contributed by atoms with Gasteiger partial charge in [-0.1, -0.05) is 59.6 Å². The Hall–Kier alpha value is -4.57. The molecule has 8 nitrogen and oxygen atoms in total. The van der Waals surface area contributed by atoms with Crippen molar-refractivity contribution in [3.05, 3.63) is 129 Å². The van der Waals surface area contributed by atoms with E-state index < -0.39 is 23.0 Å². The number of ether oxygens (including phenoxy) is 1. The quantitative estimate of drug-likeness (QED) is 0.0945. The molecule has 0 radical (unpaired) electrons. The highest BCUT2D eigenvalue weighted by Crippen LogP contribution is 2.27. The van der Waals surface area contributed by atoms with E-state index in [0.717, 1.165) is 4.90 Å².